The summed E-state index contributed by atoms with van der Waals surface area (Å²) < 4.78 is 52.5. The Kier molecular flexibility index (Phi) is 8.93. The molecule has 1 heterocycles. The molecule has 7 nitrogen and oxygen atoms in total. The summed E-state index contributed by atoms with van der Waals surface area (Å²) in [7, 11) is 0. The van der Waals surface area contributed by atoms with Gasteiger partial charge in [0.2, 0.25) is 0 Å². The summed E-state index contributed by atoms with van der Waals surface area (Å²) in [5.74, 6) is -0.992. The molecule has 1 aromatic heterocycles. The van der Waals surface area contributed by atoms with E-state index in [2.05, 4.69) is 15.5 Å². The third-order valence-corrected chi connectivity index (χ3v) is 7.02. The summed E-state index contributed by atoms with van der Waals surface area (Å²) in [6, 6.07) is 21.1. The van der Waals surface area contributed by atoms with Gasteiger partial charge >= 0.3 is 12.1 Å². The number of fused-ring (bicyclic) bond motifs is 1. The molecule has 0 saturated carbocycles. The van der Waals surface area contributed by atoms with Crippen molar-refractivity contribution in [1.82, 2.24) is 10.4 Å². The van der Waals surface area contributed by atoms with E-state index in [-0.39, 0.29) is 45.3 Å². The van der Waals surface area contributed by atoms with Crippen molar-refractivity contribution in [1.29, 1.82) is 0 Å². The van der Waals surface area contributed by atoms with Crippen LogP contribution < -0.4 is 14.9 Å². The molecule has 0 radical (unpaired) electrons. The number of halogens is 5. The first-order valence-corrected chi connectivity index (χ1v) is 13.9. The van der Waals surface area contributed by atoms with Gasteiger partial charge in [0.1, 0.15) is 5.69 Å². The number of nitrogens with zero attached hydrogens (tertiary/aromatic N) is 1. The van der Waals surface area contributed by atoms with Gasteiger partial charge in [-0.15, -0.1) is 0 Å². The maximum absolute atomic E-state index is 13.8. The lowest BCUT2D eigenvalue weighted by Crippen LogP contribution is -2.19. The molecule has 0 aliphatic heterocycles. The van der Waals surface area contributed by atoms with Crippen LogP contribution in [0.15, 0.2) is 90.0 Å². The van der Waals surface area contributed by atoms with Gasteiger partial charge in [-0.1, -0.05) is 53.5 Å². The van der Waals surface area contributed by atoms with Crippen LogP contribution in [0.1, 0.15) is 38.9 Å². The van der Waals surface area contributed by atoms with Crippen LogP contribution in [-0.2, 0) is 6.18 Å². The van der Waals surface area contributed by atoms with Crippen LogP contribution >= 0.6 is 23.2 Å². The lowest BCUT2D eigenvalue weighted by Gasteiger charge is -2.11. The minimum absolute atomic E-state index is 0.151. The van der Waals surface area contributed by atoms with Gasteiger partial charge < -0.3 is 14.5 Å². The molecule has 224 valence electrons. The van der Waals surface area contributed by atoms with E-state index in [0.717, 1.165) is 6.07 Å². The number of rotatable bonds is 8. The molecule has 0 aliphatic rings. The molecular weight excluding hydrogens is 618 g/mol. The second-order valence-electron chi connectivity index (χ2n) is 9.32. The molecule has 44 heavy (non-hydrogen) atoms. The number of benzene rings is 4. The molecule has 0 aliphatic carbocycles. The quantitative estimate of drug-likeness (QED) is 0.0770. The highest BCUT2D eigenvalue weighted by Gasteiger charge is 2.35. The van der Waals surface area contributed by atoms with Gasteiger partial charge in [0, 0.05) is 26.6 Å². The fourth-order valence-corrected chi connectivity index (χ4v) is 4.85. The highest BCUT2D eigenvalue weighted by molar-refractivity contribution is 6.34. The van der Waals surface area contributed by atoms with Gasteiger partial charge in [-0.3, -0.25) is 4.79 Å². The van der Waals surface area contributed by atoms with Crippen LogP contribution in [0.25, 0.3) is 22.0 Å². The van der Waals surface area contributed by atoms with E-state index in [1.807, 2.05) is 0 Å². The number of aromatic nitrogens is 1. The Labute approximate surface area is 259 Å². The van der Waals surface area contributed by atoms with E-state index in [4.69, 9.17) is 32.7 Å². The van der Waals surface area contributed by atoms with Crippen LogP contribution in [0.3, 0.4) is 0 Å². The van der Waals surface area contributed by atoms with E-state index in [1.54, 1.807) is 55.5 Å². The summed E-state index contributed by atoms with van der Waals surface area (Å²) in [5, 5.41) is 4.89. The Morgan fingerprint density at radius 3 is 2.41 bits per heavy atom. The molecule has 0 bridgehead atoms. The number of hydrogen-bond donors (Lipinski definition) is 2. The summed E-state index contributed by atoms with van der Waals surface area (Å²) in [6.07, 6.45) is -3.36. The van der Waals surface area contributed by atoms with Gasteiger partial charge in [-0.2, -0.15) is 18.3 Å². The average molecular weight is 640 g/mol. The van der Waals surface area contributed by atoms with Gasteiger partial charge in [-0.25, -0.2) is 10.2 Å². The molecule has 2 N–H and O–H groups in total. The lowest BCUT2D eigenvalue weighted by molar-refractivity contribution is -0.136. The molecule has 4 aromatic carbocycles. The molecule has 12 heteroatoms. The highest BCUT2D eigenvalue weighted by atomic mass is 35.5. The van der Waals surface area contributed by atoms with E-state index >= 15 is 0 Å². The van der Waals surface area contributed by atoms with Gasteiger partial charge in [0.05, 0.1) is 29.5 Å². The highest BCUT2D eigenvalue weighted by Crippen LogP contribution is 2.41. The topological polar surface area (TPSA) is 92.8 Å². The molecule has 5 aromatic rings. The molecular formula is C32H22Cl2F3N3O4. The Morgan fingerprint density at radius 1 is 0.955 bits per heavy atom. The van der Waals surface area contributed by atoms with Gasteiger partial charge in [0.25, 0.3) is 5.91 Å². The second-order valence-corrected chi connectivity index (χ2v) is 10.2. The van der Waals surface area contributed by atoms with Crippen LogP contribution in [0.4, 0.5) is 13.2 Å². The van der Waals surface area contributed by atoms with Crippen LogP contribution in [0.5, 0.6) is 11.5 Å². The standard InChI is InChI=1S/C32H22Cl2F3N3O4/c1-2-43-26-16-18(10-15-25(26)44-31(42)19-11-13-20(33)14-12-19)17-38-40-30(41)29-27(21-6-3-4-9-24(21)34)22-7-5-8-23(28(22)39-29)32(35,36)37/h3-17,39H,2H2,1H3,(H,40,41). The minimum Gasteiger partial charge on any atom is -0.490 e. The number of hydrazone groups is 1. The number of aromatic amines is 1. The van der Waals surface area contributed by atoms with Gasteiger partial charge in [0.15, 0.2) is 11.5 Å². The molecule has 0 unspecified atom stereocenters. The normalized spacial score (nSPS) is 11.6. The number of ether oxygens (including phenoxy) is 2. The zero-order valence-electron chi connectivity index (χ0n) is 22.8. The second kappa shape index (κ2) is 12.8. The average Bonchev–Trinajstić information content (AvgIpc) is 3.38. The minimum atomic E-state index is -4.67. The van der Waals surface area contributed by atoms with Crippen molar-refractivity contribution in [2.24, 2.45) is 5.10 Å². The zero-order valence-corrected chi connectivity index (χ0v) is 24.3. The van der Waals surface area contributed by atoms with Crippen molar-refractivity contribution in [3.8, 4) is 22.6 Å². The van der Waals surface area contributed by atoms with Crippen molar-refractivity contribution >= 4 is 52.2 Å². The number of carbonyl (C=O) groups is 2. The zero-order chi connectivity index (χ0) is 31.4. The van der Waals surface area contributed by atoms with Crippen molar-refractivity contribution in [2.75, 3.05) is 6.61 Å². The molecule has 0 saturated heterocycles. The first-order chi connectivity index (χ1) is 21.1. The van der Waals surface area contributed by atoms with Crippen molar-refractivity contribution in [2.45, 2.75) is 13.1 Å². The molecule has 1 amide bonds. The number of amides is 1. The molecule has 0 fully saturated rings. The monoisotopic (exact) mass is 639 g/mol. The van der Waals surface area contributed by atoms with Crippen LogP contribution in [0.2, 0.25) is 10.0 Å². The maximum Gasteiger partial charge on any atom is 0.418 e. The summed E-state index contributed by atoms with van der Waals surface area (Å²) in [6.45, 7) is 2.03. The predicted octanol–water partition coefficient (Wildman–Crippen LogP) is 8.54. The third kappa shape index (κ3) is 6.56. The smallest absolute Gasteiger partial charge is 0.418 e. The third-order valence-electron chi connectivity index (χ3n) is 6.44. The molecule has 0 atom stereocenters. The van der Waals surface area contributed by atoms with Crippen LogP contribution in [0, 0.1) is 0 Å². The van der Waals surface area contributed by atoms with E-state index in [9.17, 15) is 22.8 Å². The van der Waals surface area contributed by atoms with E-state index < -0.39 is 23.6 Å². The van der Waals surface area contributed by atoms with E-state index in [1.165, 1.54) is 36.5 Å². The van der Waals surface area contributed by atoms with Crippen LogP contribution in [-0.4, -0.2) is 29.7 Å². The van der Waals surface area contributed by atoms with Crippen molar-refractivity contribution in [3.63, 3.8) is 0 Å². The Hall–Kier alpha value is -4.80. The number of para-hydroxylation sites is 1. The van der Waals surface area contributed by atoms with E-state index in [0.29, 0.717) is 21.7 Å². The summed E-state index contributed by atoms with van der Waals surface area (Å²) >= 11 is 12.3. The van der Waals surface area contributed by atoms with Crippen molar-refractivity contribution in [3.05, 3.63) is 117 Å². The predicted molar refractivity (Wildman–Crippen MR) is 163 cm³/mol. The lowest BCUT2D eigenvalue weighted by atomic mass is 10.00. The Bertz CT molecular complexity index is 1890. The first-order valence-electron chi connectivity index (χ1n) is 13.1. The Balaban J connectivity index is 1.42. The number of carbonyl (C=O) groups excluding carboxylic acids is 2. The van der Waals surface area contributed by atoms with Crippen molar-refractivity contribution < 1.29 is 32.2 Å². The number of nitrogens with one attached hydrogen (secondary N) is 2. The fraction of sp³-hybridized carbons (Fsp3) is 0.0938. The summed E-state index contributed by atoms with van der Waals surface area (Å²) in [5.41, 5.74) is 2.37. The summed E-state index contributed by atoms with van der Waals surface area (Å²) in [4.78, 5) is 28.5. The number of esters is 1. The number of H-pyrrole nitrogens is 1. The maximum atomic E-state index is 13.8. The SMILES string of the molecule is CCOc1cc(C=NNC(=O)c2[nH]c3c(C(F)(F)F)cccc3c2-c2ccccc2Cl)ccc1OC(=O)c1ccc(Cl)cc1. The molecule has 5 rings (SSSR count). The molecule has 0 spiro atoms. The number of alkyl halides is 3. The fourth-order valence-electron chi connectivity index (χ4n) is 4.49. The first kappa shape index (κ1) is 30.7. The largest absolute Gasteiger partial charge is 0.490 e. The Morgan fingerprint density at radius 2 is 1.70 bits per heavy atom. The number of hydrogen-bond acceptors (Lipinski definition) is 5. The van der Waals surface area contributed by atoms with Gasteiger partial charge in [-0.05, 0) is 67.1 Å².